The van der Waals surface area contributed by atoms with E-state index in [4.69, 9.17) is 4.74 Å². The fraction of sp³-hybridized carbons (Fsp3) is 0.280. The molecule has 156 valence electrons. The van der Waals surface area contributed by atoms with Crippen molar-refractivity contribution in [3.05, 3.63) is 90.5 Å². The summed E-state index contributed by atoms with van der Waals surface area (Å²) in [5.41, 5.74) is 1.92. The minimum Gasteiger partial charge on any atom is -0.444 e. The lowest BCUT2D eigenvalue weighted by Gasteiger charge is -2.27. The van der Waals surface area contributed by atoms with Crippen LogP contribution in [0.1, 0.15) is 24.5 Å². The molecule has 4 atom stereocenters. The number of cyclic esters (lactones) is 1. The van der Waals surface area contributed by atoms with Gasteiger partial charge in [-0.2, -0.15) is 0 Å². The molecule has 5 heteroatoms. The van der Waals surface area contributed by atoms with Crippen LogP contribution in [0.3, 0.4) is 0 Å². The van der Waals surface area contributed by atoms with Crippen molar-refractivity contribution in [2.45, 2.75) is 38.0 Å². The van der Waals surface area contributed by atoms with Crippen molar-refractivity contribution in [2.75, 3.05) is 0 Å². The summed E-state index contributed by atoms with van der Waals surface area (Å²) >= 11 is 0. The molecule has 0 saturated carbocycles. The molecule has 1 heterocycles. The average molecular weight is 405 g/mol. The lowest BCUT2D eigenvalue weighted by atomic mass is 9.94. The second-order valence-corrected chi connectivity index (χ2v) is 7.45. The van der Waals surface area contributed by atoms with Crippen molar-refractivity contribution in [1.82, 2.24) is 4.90 Å². The fourth-order valence-electron chi connectivity index (χ4n) is 3.66. The third-order valence-electron chi connectivity index (χ3n) is 5.32. The smallest absolute Gasteiger partial charge is 0.417 e. The summed E-state index contributed by atoms with van der Waals surface area (Å²) in [7, 11) is 0. The first-order valence-corrected chi connectivity index (χ1v) is 10.1. The van der Waals surface area contributed by atoms with E-state index in [1.807, 2.05) is 60.7 Å². The molecule has 2 aromatic carbocycles. The molecule has 0 unspecified atom stereocenters. The standard InChI is InChI=1S/C25H27NO4/c1-3-10-21(23(27)16-15-19-11-6-4-7-12-19)24(28)26-22(18(2)30-25(26)29)17-20-13-8-5-9-14-20/h3-9,11-16,18,21-23,27H,1,10,17H2,2H3/b16-15+/t18-,21+,22-,23+/m1/s1. The van der Waals surface area contributed by atoms with Gasteiger partial charge in [0, 0.05) is 0 Å². The Morgan fingerprint density at radius 2 is 1.80 bits per heavy atom. The monoisotopic (exact) mass is 405 g/mol. The number of imide groups is 1. The average Bonchev–Trinajstić information content (AvgIpc) is 3.04. The Bertz CT molecular complexity index is 894. The first-order chi connectivity index (χ1) is 14.5. The number of aliphatic hydroxyl groups excluding tert-OH is 1. The minimum absolute atomic E-state index is 0.245. The van der Waals surface area contributed by atoms with E-state index in [-0.39, 0.29) is 6.42 Å². The van der Waals surface area contributed by atoms with E-state index in [9.17, 15) is 14.7 Å². The number of nitrogens with zero attached hydrogens (tertiary/aromatic N) is 1. The Balaban J connectivity index is 1.80. The molecule has 1 fully saturated rings. The zero-order valence-corrected chi connectivity index (χ0v) is 17.1. The molecule has 5 nitrogen and oxygen atoms in total. The molecular formula is C25H27NO4. The summed E-state index contributed by atoms with van der Waals surface area (Å²) in [5.74, 6) is -1.27. The van der Waals surface area contributed by atoms with Crippen LogP contribution >= 0.6 is 0 Å². The molecule has 2 amide bonds. The number of aliphatic hydroxyl groups is 1. The molecule has 0 aliphatic carbocycles. The molecular weight excluding hydrogens is 378 g/mol. The van der Waals surface area contributed by atoms with E-state index in [0.717, 1.165) is 11.1 Å². The minimum atomic E-state index is -1.06. The van der Waals surface area contributed by atoms with Crippen molar-refractivity contribution >= 4 is 18.1 Å². The Morgan fingerprint density at radius 1 is 1.17 bits per heavy atom. The number of carbonyl (C=O) groups is 2. The van der Waals surface area contributed by atoms with Gasteiger partial charge >= 0.3 is 6.09 Å². The van der Waals surface area contributed by atoms with Crippen molar-refractivity contribution in [3.8, 4) is 0 Å². The molecule has 0 spiro atoms. The Morgan fingerprint density at radius 3 is 2.43 bits per heavy atom. The maximum atomic E-state index is 13.3. The van der Waals surface area contributed by atoms with Crippen LogP contribution < -0.4 is 0 Å². The second kappa shape index (κ2) is 10.0. The van der Waals surface area contributed by atoms with Crippen LogP contribution in [-0.2, 0) is 16.0 Å². The lowest BCUT2D eigenvalue weighted by molar-refractivity contribution is -0.136. The molecule has 30 heavy (non-hydrogen) atoms. The van der Waals surface area contributed by atoms with Crippen molar-refractivity contribution < 1.29 is 19.4 Å². The number of hydrogen-bond donors (Lipinski definition) is 1. The van der Waals surface area contributed by atoms with Crippen molar-refractivity contribution in [1.29, 1.82) is 0 Å². The maximum absolute atomic E-state index is 13.3. The number of rotatable bonds is 8. The van der Waals surface area contributed by atoms with Gasteiger partial charge in [0.25, 0.3) is 0 Å². The van der Waals surface area contributed by atoms with Crippen molar-refractivity contribution in [2.24, 2.45) is 5.92 Å². The summed E-state index contributed by atoms with van der Waals surface area (Å²) in [6.45, 7) is 5.49. The van der Waals surface area contributed by atoms with E-state index in [0.29, 0.717) is 6.42 Å². The van der Waals surface area contributed by atoms with E-state index in [1.165, 1.54) is 4.90 Å². The van der Waals surface area contributed by atoms with Crippen LogP contribution in [-0.4, -0.2) is 40.3 Å². The molecule has 0 aromatic heterocycles. The molecule has 1 aliphatic rings. The normalized spacial score (nSPS) is 20.7. The van der Waals surface area contributed by atoms with Gasteiger partial charge < -0.3 is 9.84 Å². The Hall–Kier alpha value is -3.18. The van der Waals surface area contributed by atoms with E-state index in [1.54, 1.807) is 25.2 Å². The van der Waals surface area contributed by atoms with Crippen LogP contribution in [0.2, 0.25) is 0 Å². The number of amides is 2. The highest BCUT2D eigenvalue weighted by atomic mass is 16.6. The number of hydrogen-bond acceptors (Lipinski definition) is 4. The summed E-state index contributed by atoms with van der Waals surface area (Å²) in [6, 6.07) is 18.8. The van der Waals surface area contributed by atoms with E-state index < -0.39 is 36.2 Å². The topological polar surface area (TPSA) is 66.8 Å². The van der Waals surface area contributed by atoms with Crippen LogP contribution in [0.25, 0.3) is 6.08 Å². The largest absolute Gasteiger partial charge is 0.444 e. The highest BCUT2D eigenvalue weighted by Gasteiger charge is 2.45. The number of ether oxygens (including phenoxy) is 1. The fourth-order valence-corrected chi connectivity index (χ4v) is 3.66. The molecule has 1 saturated heterocycles. The first kappa shape index (κ1) is 21.5. The summed E-state index contributed by atoms with van der Waals surface area (Å²) in [5, 5.41) is 10.7. The third-order valence-corrected chi connectivity index (χ3v) is 5.32. The zero-order chi connectivity index (χ0) is 21.5. The quantitative estimate of drug-likeness (QED) is 0.668. The van der Waals surface area contributed by atoms with Gasteiger partial charge in [0.1, 0.15) is 6.10 Å². The molecule has 0 radical (unpaired) electrons. The SMILES string of the molecule is C=CC[C@H](C(=O)N1C(=O)O[C@H](C)[C@H]1Cc1ccccc1)[C@@H](O)/C=C/c1ccccc1. The van der Waals surface area contributed by atoms with Gasteiger partial charge in [-0.15, -0.1) is 6.58 Å². The Labute approximate surface area is 177 Å². The predicted molar refractivity (Wildman–Crippen MR) is 117 cm³/mol. The highest BCUT2D eigenvalue weighted by molar-refractivity contribution is 5.95. The first-order valence-electron chi connectivity index (χ1n) is 10.1. The lowest BCUT2D eigenvalue weighted by Crippen LogP contribution is -2.47. The van der Waals surface area contributed by atoms with Gasteiger partial charge in [-0.05, 0) is 30.9 Å². The van der Waals surface area contributed by atoms with Crippen LogP contribution in [0.5, 0.6) is 0 Å². The van der Waals surface area contributed by atoms with E-state index >= 15 is 0 Å². The zero-order valence-electron chi connectivity index (χ0n) is 17.1. The van der Waals surface area contributed by atoms with Gasteiger partial charge in [0.05, 0.1) is 18.1 Å². The van der Waals surface area contributed by atoms with Crippen molar-refractivity contribution in [3.63, 3.8) is 0 Å². The van der Waals surface area contributed by atoms with Gasteiger partial charge in [-0.1, -0.05) is 78.9 Å². The molecule has 1 N–H and O–H groups in total. The van der Waals surface area contributed by atoms with Gasteiger partial charge in [-0.3, -0.25) is 4.79 Å². The predicted octanol–water partition coefficient (Wildman–Crippen LogP) is 4.23. The summed E-state index contributed by atoms with van der Waals surface area (Å²) in [6.07, 6.45) is 3.52. The molecule has 1 aliphatic heterocycles. The van der Waals surface area contributed by atoms with Gasteiger partial charge in [0.2, 0.25) is 5.91 Å². The summed E-state index contributed by atoms with van der Waals surface area (Å²) < 4.78 is 5.36. The highest BCUT2D eigenvalue weighted by Crippen LogP contribution is 2.27. The van der Waals surface area contributed by atoms with Gasteiger partial charge in [-0.25, -0.2) is 9.69 Å². The summed E-state index contributed by atoms with van der Waals surface area (Å²) in [4.78, 5) is 27.0. The maximum Gasteiger partial charge on any atom is 0.417 e. The third kappa shape index (κ3) is 5.05. The van der Waals surface area contributed by atoms with Gasteiger partial charge in [0.15, 0.2) is 0 Å². The van der Waals surface area contributed by atoms with Crippen LogP contribution in [0.4, 0.5) is 4.79 Å². The van der Waals surface area contributed by atoms with Crippen LogP contribution in [0.15, 0.2) is 79.4 Å². The second-order valence-electron chi connectivity index (χ2n) is 7.45. The number of allylic oxidation sites excluding steroid dienone is 1. The van der Waals surface area contributed by atoms with E-state index in [2.05, 4.69) is 6.58 Å². The number of carbonyl (C=O) groups excluding carboxylic acids is 2. The van der Waals surface area contributed by atoms with Crippen LogP contribution in [0, 0.1) is 5.92 Å². The Kier molecular flexibility index (Phi) is 7.20. The molecule has 2 aromatic rings. The number of benzene rings is 2. The molecule has 3 rings (SSSR count). The molecule has 0 bridgehead atoms.